The highest BCUT2D eigenvalue weighted by molar-refractivity contribution is 5.93. The van der Waals surface area contributed by atoms with Crippen molar-refractivity contribution in [3.63, 3.8) is 0 Å². The van der Waals surface area contributed by atoms with E-state index in [0.717, 1.165) is 25.1 Å². The van der Waals surface area contributed by atoms with Crippen LogP contribution in [0.2, 0.25) is 0 Å². The highest BCUT2D eigenvalue weighted by Gasteiger charge is 2.51. The fraction of sp³-hybridized carbons (Fsp3) is 0.562. The van der Waals surface area contributed by atoms with Crippen molar-refractivity contribution in [1.29, 1.82) is 0 Å². The Hall–Kier alpha value is -1.55. The van der Waals surface area contributed by atoms with Gasteiger partial charge in [-0.15, -0.1) is 0 Å². The Kier molecular flexibility index (Phi) is 4.33. The molecule has 1 aromatic carbocycles. The number of anilines is 1. The highest BCUT2D eigenvalue weighted by atomic mass is 16.5. The minimum atomic E-state index is -0.396. The molecular formula is C16H24N2O2. The summed E-state index contributed by atoms with van der Waals surface area (Å²) < 4.78 is 5.80. The van der Waals surface area contributed by atoms with E-state index >= 15 is 0 Å². The standard InChI is InChI=1S/C16H24N2O2/c1-4-16(3)13(10-14(16)20-5-2)18-12-8-6-7-11(9-12)15(17)19/h6-9,13-14,18H,4-5,10H2,1-3H3,(H2,17,19). The third-order valence-corrected chi connectivity index (χ3v) is 4.60. The van der Waals surface area contributed by atoms with Gasteiger partial charge < -0.3 is 15.8 Å². The number of rotatable bonds is 6. The van der Waals surface area contributed by atoms with Gasteiger partial charge in [-0.3, -0.25) is 4.79 Å². The lowest BCUT2D eigenvalue weighted by Crippen LogP contribution is -2.59. The summed E-state index contributed by atoms with van der Waals surface area (Å²) in [5.74, 6) is -0.396. The predicted molar refractivity (Wildman–Crippen MR) is 80.8 cm³/mol. The third kappa shape index (κ3) is 2.66. The molecule has 1 saturated carbocycles. The number of nitrogens with one attached hydrogen (secondary N) is 1. The van der Waals surface area contributed by atoms with Crippen LogP contribution in [0.3, 0.4) is 0 Å². The number of hydrogen-bond donors (Lipinski definition) is 2. The van der Waals surface area contributed by atoms with E-state index in [1.807, 2.05) is 25.1 Å². The second-order valence-corrected chi connectivity index (χ2v) is 5.68. The first-order valence-electron chi connectivity index (χ1n) is 7.29. The number of carbonyl (C=O) groups excluding carboxylic acids is 1. The lowest BCUT2D eigenvalue weighted by molar-refractivity contribution is -0.109. The van der Waals surface area contributed by atoms with Crippen molar-refractivity contribution in [3.8, 4) is 0 Å². The van der Waals surface area contributed by atoms with Gasteiger partial charge in [0.25, 0.3) is 0 Å². The van der Waals surface area contributed by atoms with Crippen LogP contribution in [0.5, 0.6) is 0 Å². The van der Waals surface area contributed by atoms with Crippen LogP contribution in [0.4, 0.5) is 5.69 Å². The third-order valence-electron chi connectivity index (χ3n) is 4.60. The molecule has 0 bridgehead atoms. The summed E-state index contributed by atoms with van der Waals surface area (Å²) in [6.07, 6.45) is 2.37. The summed E-state index contributed by atoms with van der Waals surface area (Å²) in [7, 11) is 0. The molecule has 3 N–H and O–H groups in total. The average molecular weight is 276 g/mol. The fourth-order valence-electron chi connectivity index (χ4n) is 2.94. The van der Waals surface area contributed by atoms with Gasteiger partial charge in [0.1, 0.15) is 0 Å². The molecule has 0 heterocycles. The number of nitrogens with two attached hydrogens (primary N) is 1. The average Bonchev–Trinajstić information content (AvgIpc) is 2.45. The number of amides is 1. The Labute approximate surface area is 120 Å². The molecular weight excluding hydrogens is 252 g/mol. The van der Waals surface area contributed by atoms with Crippen LogP contribution in [-0.4, -0.2) is 24.7 Å². The first-order valence-corrected chi connectivity index (χ1v) is 7.29. The topological polar surface area (TPSA) is 64.3 Å². The Morgan fingerprint density at radius 2 is 2.25 bits per heavy atom. The van der Waals surface area contributed by atoms with Gasteiger partial charge in [-0.25, -0.2) is 0 Å². The van der Waals surface area contributed by atoms with E-state index in [2.05, 4.69) is 19.2 Å². The quantitative estimate of drug-likeness (QED) is 0.839. The summed E-state index contributed by atoms with van der Waals surface area (Å²) in [6, 6.07) is 7.73. The van der Waals surface area contributed by atoms with Gasteiger partial charge in [0.05, 0.1) is 6.10 Å². The first-order chi connectivity index (χ1) is 9.51. The maximum Gasteiger partial charge on any atom is 0.248 e. The zero-order chi connectivity index (χ0) is 14.8. The molecule has 0 saturated heterocycles. The number of carbonyl (C=O) groups is 1. The molecule has 1 amide bonds. The fourth-order valence-corrected chi connectivity index (χ4v) is 2.94. The Morgan fingerprint density at radius 3 is 2.85 bits per heavy atom. The number of primary amides is 1. The second-order valence-electron chi connectivity index (χ2n) is 5.68. The minimum absolute atomic E-state index is 0.138. The molecule has 1 aliphatic rings. The summed E-state index contributed by atoms with van der Waals surface area (Å²) in [6.45, 7) is 7.24. The SMILES string of the molecule is CCOC1CC(Nc2cccc(C(N)=O)c2)C1(C)CC. The molecule has 1 aromatic rings. The van der Waals surface area contributed by atoms with E-state index in [1.165, 1.54) is 0 Å². The minimum Gasteiger partial charge on any atom is -0.382 e. The lowest BCUT2D eigenvalue weighted by atomic mass is 9.61. The van der Waals surface area contributed by atoms with Gasteiger partial charge in [0.2, 0.25) is 5.91 Å². The van der Waals surface area contributed by atoms with Crippen molar-refractivity contribution < 1.29 is 9.53 Å². The molecule has 20 heavy (non-hydrogen) atoms. The molecule has 110 valence electrons. The maximum atomic E-state index is 11.2. The summed E-state index contributed by atoms with van der Waals surface area (Å²) in [5.41, 5.74) is 6.93. The van der Waals surface area contributed by atoms with Crippen LogP contribution in [0.25, 0.3) is 0 Å². The van der Waals surface area contributed by atoms with Crippen LogP contribution in [-0.2, 0) is 4.74 Å². The van der Waals surface area contributed by atoms with Crippen LogP contribution in [0.1, 0.15) is 44.0 Å². The zero-order valence-corrected chi connectivity index (χ0v) is 12.5. The molecule has 0 radical (unpaired) electrons. The van der Waals surface area contributed by atoms with Crippen molar-refractivity contribution in [1.82, 2.24) is 0 Å². The number of hydrogen-bond acceptors (Lipinski definition) is 3. The van der Waals surface area contributed by atoms with E-state index in [9.17, 15) is 4.79 Å². The van der Waals surface area contributed by atoms with E-state index in [4.69, 9.17) is 10.5 Å². The van der Waals surface area contributed by atoms with Gasteiger partial charge in [-0.2, -0.15) is 0 Å². The smallest absolute Gasteiger partial charge is 0.248 e. The van der Waals surface area contributed by atoms with Crippen molar-refractivity contribution in [3.05, 3.63) is 29.8 Å². The molecule has 0 aliphatic heterocycles. The van der Waals surface area contributed by atoms with Crippen molar-refractivity contribution in [2.24, 2.45) is 11.1 Å². The van der Waals surface area contributed by atoms with Gasteiger partial charge in [0, 0.05) is 29.3 Å². The number of benzene rings is 1. The molecule has 0 spiro atoms. The second kappa shape index (κ2) is 5.83. The first kappa shape index (κ1) is 14.9. The van der Waals surface area contributed by atoms with Crippen LogP contribution in [0, 0.1) is 5.41 Å². The molecule has 3 atom stereocenters. The van der Waals surface area contributed by atoms with Crippen molar-refractivity contribution >= 4 is 11.6 Å². The Bertz CT molecular complexity index is 489. The molecule has 0 aromatic heterocycles. The van der Waals surface area contributed by atoms with E-state index in [1.54, 1.807) is 6.07 Å². The molecule has 4 heteroatoms. The van der Waals surface area contributed by atoms with Crippen LogP contribution < -0.4 is 11.1 Å². The molecule has 2 rings (SSSR count). The van der Waals surface area contributed by atoms with E-state index in [-0.39, 0.29) is 5.41 Å². The molecule has 1 aliphatic carbocycles. The lowest BCUT2D eigenvalue weighted by Gasteiger charge is -2.54. The predicted octanol–water partition coefficient (Wildman–Crippen LogP) is 2.79. The highest BCUT2D eigenvalue weighted by Crippen LogP contribution is 2.47. The monoisotopic (exact) mass is 276 g/mol. The molecule has 4 nitrogen and oxygen atoms in total. The van der Waals surface area contributed by atoms with Crippen LogP contribution >= 0.6 is 0 Å². The Morgan fingerprint density at radius 1 is 1.50 bits per heavy atom. The summed E-state index contributed by atoms with van der Waals surface area (Å²) in [5, 5.41) is 3.52. The number of ether oxygens (including phenoxy) is 1. The Balaban J connectivity index is 2.07. The summed E-state index contributed by atoms with van der Waals surface area (Å²) in [4.78, 5) is 11.2. The van der Waals surface area contributed by atoms with Gasteiger partial charge in [0.15, 0.2) is 0 Å². The van der Waals surface area contributed by atoms with Gasteiger partial charge in [-0.05, 0) is 38.0 Å². The van der Waals surface area contributed by atoms with E-state index < -0.39 is 5.91 Å². The van der Waals surface area contributed by atoms with Crippen LogP contribution in [0.15, 0.2) is 24.3 Å². The largest absolute Gasteiger partial charge is 0.382 e. The molecule has 3 unspecified atom stereocenters. The normalized spacial score (nSPS) is 28.8. The van der Waals surface area contributed by atoms with Crippen molar-refractivity contribution in [2.75, 3.05) is 11.9 Å². The van der Waals surface area contributed by atoms with Gasteiger partial charge in [-0.1, -0.05) is 19.9 Å². The summed E-state index contributed by atoms with van der Waals surface area (Å²) >= 11 is 0. The zero-order valence-electron chi connectivity index (χ0n) is 12.5. The van der Waals surface area contributed by atoms with E-state index in [0.29, 0.717) is 17.7 Å². The van der Waals surface area contributed by atoms with Crippen molar-refractivity contribution in [2.45, 2.75) is 45.8 Å². The maximum absolute atomic E-state index is 11.2. The van der Waals surface area contributed by atoms with Gasteiger partial charge >= 0.3 is 0 Å². The molecule has 1 fully saturated rings.